The summed E-state index contributed by atoms with van der Waals surface area (Å²) in [6, 6.07) is 8.18. The molecule has 132 valence electrons. The molecule has 25 heavy (non-hydrogen) atoms. The van der Waals surface area contributed by atoms with Crippen molar-refractivity contribution in [3.63, 3.8) is 0 Å². The molecule has 2 aliphatic heterocycles. The predicted molar refractivity (Wildman–Crippen MR) is 101 cm³/mol. The van der Waals surface area contributed by atoms with E-state index in [1.807, 2.05) is 30.0 Å². The smallest absolute Gasteiger partial charge is 0.255 e. The molecule has 1 aromatic heterocycles. The van der Waals surface area contributed by atoms with Gasteiger partial charge in [-0.15, -0.1) is 0 Å². The van der Waals surface area contributed by atoms with Crippen LogP contribution in [0.25, 0.3) is 10.9 Å². The summed E-state index contributed by atoms with van der Waals surface area (Å²) in [5.74, 6) is 0.150. The molecular formula is C21H27N3O. The minimum absolute atomic E-state index is 0.150. The van der Waals surface area contributed by atoms with Gasteiger partial charge in [-0.3, -0.25) is 9.78 Å². The number of nitrogens with one attached hydrogen (secondary N) is 1. The number of carbonyl (C=O) groups excluding carboxylic acids is 1. The van der Waals surface area contributed by atoms with Crippen molar-refractivity contribution in [2.24, 2.45) is 5.41 Å². The van der Waals surface area contributed by atoms with E-state index in [0.29, 0.717) is 5.41 Å². The Kier molecular flexibility index (Phi) is 4.24. The number of para-hydroxylation sites is 1. The molecule has 2 fully saturated rings. The largest absolute Gasteiger partial charge is 0.339 e. The van der Waals surface area contributed by atoms with Crippen molar-refractivity contribution in [1.82, 2.24) is 15.2 Å². The number of benzene rings is 1. The first-order valence-electron chi connectivity index (χ1n) is 9.45. The fourth-order valence-corrected chi connectivity index (χ4v) is 4.47. The molecule has 2 aromatic rings. The van der Waals surface area contributed by atoms with Crippen molar-refractivity contribution in [3.8, 4) is 0 Å². The number of piperidine rings is 2. The summed E-state index contributed by atoms with van der Waals surface area (Å²) in [5.41, 5.74) is 4.23. The fraction of sp³-hybridized carbons (Fsp3) is 0.524. The zero-order valence-electron chi connectivity index (χ0n) is 15.3. The van der Waals surface area contributed by atoms with E-state index in [2.05, 4.69) is 18.3 Å². The maximum atomic E-state index is 13.1. The van der Waals surface area contributed by atoms with E-state index in [1.54, 1.807) is 0 Å². The van der Waals surface area contributed by atoms with E-state index in [1.165, 1.54) is 12.8 Å². The molecule has 0 unspecified atom stereocenters. The number of aryl methyl sites for hydroxylation is 2. The average molecular weight is 337 g/mol. The highest BCUT2D eigenvalue weighted by molar-refractivity contribution is 5.99. The fourth-order valence-electron chi connectivity index (χ4n) is 4.47. The molecule has 4 heteroatoms. The Hall–Kier alpha value is -1.94. The molecule has 4 rings (SSSR count). The van der Waals surface area contributed by atoms with E-state index in [-0.39, 0.29) is 5.91 Å². The number of carbonyl (C=O) groups is 1. The number of rotatable bonds is 1. The van der Waals surface area contributed by atoms with Crippen molar-refractivity contribution >= 4 is 16.8 Å². The highest BCUT2D eigenvalue weighted by Crippen LogP contribution is 2.39. The number of hydrogen-bond acceptors (Lipinski definition) is 3. The summed E-state index contributed by atoms with van der Waals surface area (Å²) in [5, 5.41) is 4.51. The van der Waals surface area contributed by atoms with Gasteiger partial charge in [-0.05, 0) is 69.7 Å². The molecule has 2 aliphatic rings. The van der Waals surface area contributed by atoms with Crippen LogP contribution in [0.15, 0.2) is 24.3 Å². The first kappa shape index (κ1) is 16.5. The zero-order valence-corrected chi connectivity index (χ0v) is 15.3. The highest BCUT2D eigenvalue weighted by Gasteiger charge is 2.37. The Bertz CT molecular complexity index is 798. The van der Waals surface area contributed by atoms with Gasteiger partial charge < -0.3 is 10.2 Å². The first-order valence-corrected chi connectivity index (χ1v) is 9.45. The second-order valence-electron chi connectivity index (χ2n) is 7.81. The number of fused-ring (bicyclic) bond motifs is 1. The first-order chi connectivity index (χ1) is 12.1. The lowest BCUT2D eigenvalue weighted by Gasteiger charge is -2.44. The summed E-state index contributed by atoms with van der Waals surface area (Å²) in [7, 11) is 0. The van der Waals surface area contributed by atoms with Crippen LogP contribution in [-0.2, 0) is 0 Å². The van der Waals surface area contributed by atoms with Crippen LogP contribution in [0.3, 0.4) is 0 Å². The van der Waals surface area contributed by atoms with E-state index >= 15 is 0 Å². The zero-order chi connectivity index (χ0) is 17.4. The number of pyridine rings is 1. The van der Waals surface area contributed by atoms with Gasteiger partial charge in [0.1, 0.15) is 0 Å². The number of amides is 1. The van der Waals surface area contributed by atoms with E-state index in [4.69, 9.17) is 4.98 Å². The normalized spacial score (nSPS) is 20.2. The monoisotopic (exact) mass is 337 g/mol. The Morgan fingerprint density at radius 3 is 2.56 bits per heavy atom. The quantitative estimate of drug-likeness (QED) is 0.867. The molecule has 0 aliphatic carbocycles. The number of nitrogens with zero attached hydrogens (tertiary/aromatic N) is 2. The Morgan fingerprint density at radius 1 is 1.12 bits per heavy atom. The third-order valence-electron chi connectivity index (χ3n) is 6.24. The lowest BCUT2D eigenvalue weighted by Crippen LogP contribution is -2.47. The molecule has 0 bridgehead atoms. The molecule has 1 amide bonds. The summed E-state index contributed by atoms with van der Waals surface area (Å²) in [6.07, 6.45) is 4.79. The van der Waals surface area contributed by atoms with Crippen molar-refractivity contribution < 1.29 is 4.79 Å². The van der Waals surface area contributed by atoms with Gasteiger partial charge in [0.15, 0.2) is 0 Å². The number of likely N-dealkylation sites (tertiary alicyclic amines) is 1. The van der Waals surface area contributed by atoms with E-state index in [9.17, 15) is 4.79 Å². The predicted octanol–water partition coefficient (Wildman–Crippen LogP) is 3.46. The third-order valence-corrected chi connectivity index (χ3v) is 6.24. The van der Waals surface area contributed by atoms with Crippen molar-refractivity contribution in [2.75, 3.05) is 26.2 Å². The van der Waals surface area contributed by atoms with Gasteiger partial charge in [-0.2, -0.15) is 0 Å². The molecule has 1 aromatic carbocycles. The average Bonchev–Trinajstić information content (AvgIpc) is 2.63. The van der Waals surface area contributed by atoms with Crippen LogP contribution in [0.2, 0.25) is 0 Å². The number of aromatic nitrogens is 1. The van der Waals surface area contributed by atoms with Crippen molar-refractivity contribution in [3.05, 3.63) is 41.1 Å². The molecule has 4 nitrogen and oxygen atoms in total. The second kappa shape index (κ2) is 6.41. The molecule has 0 saturated carbocycles. The Labute approximate surface area is 149 Å². The molecule has 0 atom stereocenters. The van der Waals surface area contributed by atoms with Crippen molar-refractivity contribution in [1.29, 1.82) is 0 Å². The SMILES string of the molecule is Cc1nc2c(C)cccc2cc1C(=O)N1CCC2(CCNCC2)CC1. The van der Waals surface area contributed by atoms with Crippen LogP contribution >= 0.6 is 0 Å². The molecule has 1 spiro atoms. The molecule has 3 heterocycles. The van der Waals surface area contributed by atoms with Crippen LogP contribution in [0, 0.1) is 19.3 Å². The Balaban J connectivity index is 1.55. The van der Waals surface area contributed by atoms with Gasteiger partial charge in [0.2, 0.25) is 0 Å². The molecule has 0 radical (unpaired) electrons. The van der Waals surface area contributed by atoms with E-state index < -0.39 is 0 Å². The molecule has 2 saturated heterocycles. The van der Waals surface area contributed by atoms with Crippen LogP contribution in [0.4, 0.5) is 0 Å². The highest BCUT2D eigenvalue weighted by atomic mass is 16.2. The molecular weight excluding hydrogens is 310 g/mol. The van der Waals surface area contributed by atoms with Gasteiger partial charge in [0.25, 0.3) is 5.91 Å². The van der Waals surface area contributed by atoms with Gasteiger partial charge in [-0.1, -0.05) is 18.2 Å². The third kappa shape index (κ3) is 3.04. The van der Waals surface area contributed by atoms with Crippen LogP contribution in [0.5, 0.6) is 0 Å². The summed E-state index contributed by atoms with van der Waals surface area (Å²) < 4.78 is 0. The van der Waals surface area contributed by atoms with Crippen molar-refractivity contribution in [2.45, 2.75) is 39.5 Å². The Morgan fingerprint density at radius 2 is 1.84 bits per heavy atom. The summed E-state index contributed by atoms with van der Waals surface area (Å²) in [4.78, 5) is 19.9. The topological polar surface area (TPSA) is 45.2 Å². The van der Waals surface area contributed by atoms with Gasteiger partial charge in [0.05, 0.1) is 16.8 Å². The lowest BCUT2D eigenvalue weighted by atomic mass is 9.71. The van der Waals surface area contributed by atoms with Crippen LogP contribution < -0.4 is 5.32 Å². The number of hydrogen-bond donors (Lipinski definition) is 1. The minimum Gasteiger partial charge on any atom is -0.339 e. The second-order valence-corrected chi connectivity index (χ2v) is 7.81. The maximum absolute atomic E-state index is 13.1. The summed E-state index contributed by atoms with van der Waals surface area (Å²) >= 11 is 0. The summed E-state index contributed by atoms with van der Waals surface area (Å²) in [6.45, 7) is 8.03. The lowest BCUT2D eigenvalue weighted by molar-refractivity contribution is 0.0495. The maximum Gasteiger partial charge on any atom is 0.255 e. The van der Waals surface area contributed by atoms with Gasteiger partial charge in [0, 0.05) is 18.5 Å². The van der Waals surface area contributed by atoms with Crippen LogP contribution in [-0.4, -0.2) is 42.0 Å². The van der Waals surface area contributed by atoms with Gasteiger partial charge in [-0.25, -0.2) is 0 Å². The molecule has 1 N–H and O–H groups in total. The van der Waals surface area contributed by atoms with Gasteiger partial charge >= 0.3 is 0 Å². The minimum atomic E-state index is 0.150. The standard InChI is InChI=1S/C21H27N3O/c1-15-4-3-5-17-14-18(16(2)23-19(15)17)20(25)24-12-8-21(9-13-24)6-10-22-11-7-21/h3-5,14,22H,6-13H2,1-2H3. The van der Waals surface area contributed by atoms with E-state index in [0.717, 1.165) is 66.7 Å². The van der Waals surface area contributed by atoms with Crippen LogP contribution in [0.1, 0.15) is 47.3 Å².